The highest BCUT2D eigenvalue weighted by Crippen LogP contribution is 2.23. The number of ether oxygens (including phenoxy) is 1. The summed E-state index contributed by atoms with van der Waals surface area (Å²) in [5, 5.41) is 8.60. The molecule has 144 valence electrons. The Morgan fingerprint density at radius 3 is 2.43 bits per heavy atom. The normalized spacial score (nSPS) is 10.4. The van der Waals surface area contributed by atoms with Gasteiger partial charge in [0.2, 0.25) is 5.91 Å². The SMILES string of the molecule is COc1ccc(C(=O)NCCc2nc(-c3ccc(NC(C)=O)cc3)cs2)cc1. The maximum atomic E-state index is 12.2. The lowest BCUT2D eigenvalue weighted by Gasteiger charge is -2.05. The molecule has 0 aliphatic carbocycles. The van der Waals surface area contributed by atoms with E-state index in [1.807, 2.05) is 29.6 Å². The summed E-state index contributed by atoms with van der Waals surface area (Å²) >= 11 is 1.56. The molecule has 0 saturated heterocycles. The largest absolute Gasteiger partial charge is 0.497 e. The second kappa shape index (κ2) is 9.14. The average molecular weight is 395 g/mol. The van der Waals surface area contributed by atoms with E-state index < -0.39 is 0 Å². The Balaban J connectivity index is 1.53. The molecular weight excluding hydrogens is 374 g/mol. The number of aromatic nitrogens is 1. The Morgan fingerprint density at radius 2 is 1.79 bits per heavy atom. The molecule has 2 aromatic carbocycles. The van der Waals surface area contributed by atoms with Gasteiger partial charge in [0.15, 0.2) is 0 Å². The lowest BCUT2D eigenvalue weighted by Crippen LogP contribution is -2.25. The first kappa shape index (κ1) is 19.6. The van der Waals surface area contributed by atoms with Gasteiger partial charge in [0.1, 0.15) is 5.75 Å². The summed E-state index contributed by atoms with van der Waals surface area (Å²) < 4.78 is 5.09. The third-order valence-electron chi connectivity index (χ3n) is 4.03. The minimum atomic E-state index is -0.118. The van der Waals surface area contributed by atoms with Crippen LogP contribution in [0.5, 0.6) is 5.75 Å². The molecule has 0 atom stereocenters. The number of hydrogen-bond donors (Lipinski definition) is 2. The first-order chi connectivity index (χ1) is 13.5. The third-order valence-corrected chi connectivity index (χ3v) is 4.94. The molecule has 3 aromatic rings. The van der Waals surface area contributed by atoms with Crippen LogP contribution in [0.1, 0.15) is 22.3 Å². The number of carbonyl (C=O) groups excluding carboxylic acids is 2. The van der Waals surface area contributed by atoms with Crippen molar-refractivity contribution in [3.05, 3.63) is 64.5 Å². The van der Waals surface area contributed by atoms with Gasteiger partial charge in [-0.05, 0) is 36.4 Å². The second-order valence-electron chi connectivity index (χ2n) is 6.12. The van der Waals surface area contributed by atoms with Crippen molar-refractivity contribution >= 4 is 28.8 Å². The van der Waals surface area contributed by atoms with Crippen LogP contribution in [-0.4, -0.2) is 30.5 Å². The van der Waals surface area contributed by atoms with Crippen LogP contribution >= 0.6 is 11.3 Å². The van der Waals surface area contributed by atoms with Gasteiger partial charge in [-0.2, -0.15) is 0 Å². The van der Waals surface area contributed by atoms with Gasteiger partial charge in [-0.15, -0.1) is 11.3 Å². The highest BCUT2D eigenvalue weighted by atomic mass is 32.1. The number of rotatable bonds is 7. The number of carbonyl (C=O) groups is 2. The van der Waals surface area contributed by atoms with Crippen LogP contribution in [0.25, 0.3) is 11.3 Å². The molecule has 6 nitrogen and oxygen atoms in total. The van der Waals surface area contributed by atoms with Gasteiger partial charge in [0, 0.05) is 42.1 Å². The van der Waals surface area contributed by atoms with E-state index in [1.165, 1.54) is 6.92 Å². The maximum Gasteiger partial charge on any atom is 0.251 e. The molecule has 2 amide bonds. The summed E-state index contributed by atoms with van der Waals surface area (Å²) in [5.74, 6) is 0.505. The quantitative estimate of drug-likeness (QED) is 0.638. The Labute approximate surface area is 167 Å². The molecule has 0 radical (unpaired) electrons. The number of nitrogens with zero attached hydrogens (tertiary/aromatic N) is 1. The molecule has 1 aromatic heterocycles. The van der Waals surface area contributed by atoms with Gasteiger partial charge < -0.3 is 15.4 Å². The highest BCUT2D eigenvalue weighted by Gasteiger charge is 2.08. The minimum absolute atomic E-state index is 0.0969. The van der Waals surface area contributed by atoms with Gasteiger partial charge in [-0.1, -0.05) is 12.1 Å². The van der Waals surface area contributed by atoms with E-state index in [2.05, 4.69) is 15.6 Å². The minimum Gasteiger partial charge on any atom is -0.497 e. The lowest BCUT2D eigenvalue weighted by atomic mass is 10.1. The molecule has 0 aliphatic heterocycles. The Morgan fingerprint density at radius 1 is 1.07 bits per heavy atom. The van der Waals surface area contributed by atoms with Gasteiger partial charge in [0.05, 0.1) is 17.8 Å². The van der Waals surface area contributed by atoms with E-state index in [4.69, 9.17) is 4.74 Å². The molecule has 3 rings (SSSR count). The molecule has 28 heavy (non-hydrogen) atoms. The molecule has 0 fully saturated rings. The molecule has 1 heterocycles. The van der Waals surface area contributed by atoms with Crippen molar-refractivity contribution < 1.29 is 14.3 Å². The smallest absolute Gasteiger partial charge is 0.251 e. The number of nitrogens with one attached hydrogen (secondary N) is 2. The lowest BCUT2D eigenvalue weighted by molar-refractivity contribution is -0.114. The van der Waals surface area contributed by atoms with Crippen molar-refractivity contribution in [3.63, 3.8) is 0 Å². The summed E-state index contributed by atoms with van der Waals surface area (Å²) in [6.07, 6.45) is 0.663. The van der Waals surface area contributed by atoms with E-state index in [-0.39, 0.29) is 11.8 Å². The zero-order chi connectivity index (χ0) is 19.9. The molecule has 0 bridgehead atoms. The average Bonchev–Trinajstić information content (AvgIpc) is 3.17. The van der Waals surface area contributed by atoms with Crippen molar-refractivity contribution in [1.29, 1.82) is 0 Å². The Kier molecular flexibility index (Phi) is 6.39. The molecule has 2 N–H and O–H groups in total. The number of amides is 2. The van der Waals surface area contributed by atoms with Crippen molar-refractivity contribution in [1.82, 2.24) is 10.3 Å². The second-order valence-corrected chi connectivity index (χ2v) is 7.06. The van der Waals surface area contributed by atoms with Crippen LogP contribution in [0.3, 0.4) is 0 Å². The summed E-state index contributed by atoms with van der Waals surface area (Å²) in [6, 6.07) is 14.6. The van der Waals surface area contributed by atoms with Gasteiger partial charge in [0.25, 0.3) is 5.91 Å². The monoisotopic (exact) mass is 395 g/mol. The standard InChI is InChI=1S/C21H21N3O3S/c1-14(25)23-17-7-3-15(4-8-17)19-13-28-20(24-19)11-12-22-21(26)16-5-9-18(27-2)10-6-16/h3-10,13H,11-12H2,1-2H3,(H,22,26)(H,23,25). The summed E-state index contributed by atoms with van der Waals surface area (Å²) in [6.45, 7) is 1.99. The van der Waals surface area contributed by atoms with Gasteiger partial charge in [-0.3, -0.25) is 9.59 Å². The van der Waals surface area contributed by atoms with Crippen LogP contribution in [0.4, 0.5) is 5.69 Å². The molecule has 0 spiro atoms. The predicted octanol–water partition coefficient (Wildman–Crippen LogP) is 3.75. The number of methoxy groups -OCH3 is 1. The van der Waals surface area contributed by atoms with E-state index >= 15 is 0 Å². The van der Waals surface area contributed by atoms with Crippen LogP contribution in [0, 0.1) is 0 Å². The van der Waals surface area contributed by atoms with E-state index in [0.29, 0.717) is 18.5 Å². The van der Waals surface area contributed by atoms with Crippen molar-refractivity contribution in [2.75, 3.05) is 19.0 Å². The van der Waals surface area contributed by atoms with Gasteiger partial charge in [-0.25, -0.2) is 4.98 Å². The zero-order valence-electron chi connectivity index (χ0n) is 15.7. The molecule has 7 heteroatoms. The molecule has 0 unspecified atom stereocenters. The molecular formula is C21H21N3O3S. The van der Waals surface area contributed by atoms with E-state index in [1.54, 1.807) is 42.7 Å². The van der Waals surface area contributed by atoms with Crippen molar-refractivity contribution in [2.45, 2.75) is 13.3 Å². The van der Waals surface area contributed by atoms with Crippen molar-refractivity contribution in [2.24, 2.45) is 0 Å². The molecule has 0 aliphatic rings. The summed E-state index contributed by atoms with van der Waals surface area (Å²) in [7, 11) is 1.59. The maximum absolute atomic E-state index is 12.2. The number of hydrogen-bond acceptors (Lipinski definition) is 5. The Bertz CT molecular complexity index is 950. The van der Waals surface area contributed by atoms with Crippen LogP contribution in [0.15, 0.2) is 53.9 Å². The highest BCUT2D eigenvalue weighted by molar-refractivity contribution is 7.09. The number of thiazole rings is 1. The number of benzene rings is 2. The van der Waals surface area contributed by atoms with Crippen LogP contribution < -0.4 is 15.4 Å². The summed E-state index contributed by atoms with van der Waals surface area (Å²) in [5.41, 5.74) is 3.22. The topological polar surface area (TPSA) is 80.3 Å². The van der Waals surface area contributed by atoms with Gasteiger partial charge >= 0.3 is 0 Å². The zero-order valence-corrected chi connectivity index (χ0v) is 16.5. The number of anilines is 1. The fraction of sp³-hybridized carbons (Fsp3) is 0.190. The third kappa shape index (κ3) is 5.17. The first-order valence-corrected chi connectivity index (χ1v) is 9.68. The van der Waals surface area contributed by atoms with E-state index in [9.17, 15) is 9.59 Å². The fourth-order valence-electron chi connectivity index (χ4n) is 2.61. The van der Waals surface area contributed by atoms with E-state index in [0.717, 1.165) is 27.7 Å². The fourth-order valence-corrected chi connectivity index (χ4v) is 3.42. The van der Waals surface area contributed by atoms with Crippen molar-refractivity contribution in [3.8, 4) is 17.0 Å². The summed E-state index contributed by atoms with van der Waals surface area (Å²) in [4.78, 5) is 27.9. The predicted molar refractivity (Wildman–Crippen MR) is 111 cm³/mol. The van der Waals surface area contributed by atoms with Crippen LogP contribution in [-0.2, 0) is 11.2 Å². The first-order valence-electron chi connectivity index (χ1n) is 8.80. The molecule has 0 saturated carbocycles. The Hall–Kier alpha value is -3.19. The van der Waals surface area contributed by atoms with Crippen LogP contribution in [0.2, 0.25) is 0 Å².